The number of rotatable bonds is 2. The molecule has 0 aliphatic carbocycles. The maximum absolute atomic E-state index is 12.0. The monoisotopic (exact) mass is 369 g/mol. The van der Waals surface area contributed by atoms with Crippen LogP contribution in [0.25, 0.3) is 0 Å². The summed E-state index contributed by atoms with van der Waals surface area (Å²) in [5, 5.41) is 2.74. The zero-order valence-corrected chi connectivity index (χ0v) is 12.3. The minimum Gasteiger partial charge on any atom is -0.398 e. The lowest BCUT2D eigenvalue weighted by molar-refractivity contribution is 0.102. The van der Waals surface area contributed by atoms with Crippen LogP contribution in [0.4, 0.5) is 11.4 Å². The molecular weight excluding hydrogens is 362 g/mol. The van der Waals surface area contributed by atoms with E-state index in [4.69, 9.17) is 5.73 Å². The molecule has 1 aromatic heterocycles. The van der Waals surface area contributed by atoms with E-state index in [1.165, 1.54) is 0 Å². The first-order valence-electron chi connectivity index (χ1n) is 5.05. The Bertz CT molecular complexity index is 602. The zero-order valence-electron chi connectivity index (χ0n) is 9.15. The van der Waals surface area contributed by atoms with Gasteiger partial charge in [0.2, 0.25) is 0 Å². The van der Waals surface area contributed by atoms with E-state index in [9.17, 15) is 4.79 Å². The molecule has 0 aliphatic rings. The Hall–Kier alpha value is -1.40. The molecule has 1 amide bonds. The fourth-order valence-electron chi connectivity index (χ4n) is 1.41. The minimum absolute atomic E-state index is 0.270. The summed E-state index contributed by atoms with van der Waals surface area (Å²) in [5.74, 6) is -0.270. The normalized spacial score (nSPS) is 10.1. The highest BCUT2D eigenvalue weighted by Crippen LogP contribution is 2.22. The van der Waals surface area contributed by atoms with Gasteiger partial charge in [-0.05, 0) is 46.3 Å². The van der Waals surface area contributed by atoms with Crippen LogP contribution in [-0.2, 0) is 0 Å². The van der Waals surface area contributed by atoms with E-state index < -0.39 is 0 Å². The number of benzene rings is 1. The average Bonchev–Trinajstić information content (AvgIpc) is 2.32. The number of nitrogens with zero attached hydrogens (tertiary/aromatic N) is 1. The molecule has 0 saturated heterocycles. The molecule has 0 spiro atoms. The SMILES string of the molecule is Nc1cc(Br)ccc1C(=O)Nc1cccnc1Br. The van der Waals surface area contributed by atoms with Crippen LogP contribution in [0.15, 0.2) is 45.6 Å². The Balaban J connectivity index is 2.25. The van der Waals surface area contributed by atoms with Gasteiger partial charge in [-0.1, -0.05) is 15.9 Å². The number of aromatic nitrogens is 1. The van der Waals surface area contributed by atoms with Crippen molar-refractivity contribution in [1.29, 1.82) is 0 Å². The molecule has 18 heavy (non-hydrogen) atoms. The molecule has 3 N–H and O–H groups in total. The first kappa shape index (κ1) is 13.0. The largest absolute Gasteiger partial charge is 0.398 e. The molecule has 0 saturated carbocycles. The third kappa shape index (κ3) is 2.88. The molecule has 1 aromatic carbocycles. The second kappa shape index (κ2) is 5.49. The predicted octanol–water partition coefficient (Wildman–Crippen LogP) is 3.44. The predicted molar refractivity (Wildman–Crippen MR) is 78.4 cm³/mol. The maximum Gasteiger partial charge on any atom is 0.257 e. The van der Waals surface area contributed by atoms with Crippen LogP contribution in [0.2, 0.25) is 0 Å². The van der Waals surface area contributed by atoms with E-state index in [1.807, 2.05) is 0 Å². The van der Waals surface area contributed by atoms with Crippen molar-refractivity contribution >= 4 is 49.1 Å². The highest BCUT2D eigenvalue weighted by Gasteiger charge is 2.11. The maximum atomic E-state index is 12.0. The number of pyridine rings is 1. The lowest BCUT2D eigenvalue weighted by Crippen LogP contribution is -2.14. The highest BCUT2D eigenvalue weighted by atomic mass is 79.9. The van der Waals surface area contributed by atoms with Crippen LogP contribution in [-0.4, -0.2) is 10.9 Å². The van der Waals surface area contributed by atoms with E-state index in [2.05, 4.69) is 42.2 Å². The zero-order chi connectivity index (χ0) is 13.1. The van der Waals surface area contributed by atoms with Crippen molar-refractivity contribution in [3.8, 4) is 0 Å². The van der Waals surface area contributed by atoms with E-state index in [0.29, 0.717) is 21.5 Å². The van der Waals surface area contributed by atoms with Gasteiger partial charge in [0.1, 0.15) is 4.60 Å². The molecule has 0 aliphatic heterocycles. The Morgan fingerprint density at radius 3 is 2.72 bits per heavy atom. The number of amides is 1. The van der Waals surface area contributed by atoms with Crippen molar-refractivity contribution in [3.63, 3.8) is 0 Å². The molecule has 0 bridgehead atoms. The third-order valence-corrected chi connectivity index (χ3v) is 3.39. The molecular formula is C12H9Br2N3O. The van der Waals surface area contributed by atoms with Gasteiger partial charge in [0.15, 0.2) is 0 Å². The highest BCUT2D eigenvalue weighted by molar-refractivity contribution is 9.10. The van der Waals surface area contributed by atoms with Gasteiger partial charge in [0, 0.05) is 16.4 Å². The fourth-order valence-corrected chi connectivity index (χ4v) is 2.14. The molecule has 4 nitrogen and oxygen atoms in total. The van der Waals surface area contributed by atoms with Crippen LogP contribution >= 0.6 is 31.9 Å². The fraction of sp³-hybridized carbons (Fsp3) is 0. The first-order chi connectivity index (χ1) is 8.58. The van der Waals surface area contributed by atoms with Crippen molar-refractivity contribution in [2.24, 2.45) is 0 Å². The third-order valence-electron chi connectivity index (χ3n) is 2.27. The number of carbonyl (C=O) groups excluding carboxylic acids is 1. The second-order valence-corrected chi connectivity index (χ2v) is 5.19. The number of nitrogen functional groups attached to an aromatic ring is 1. The average molecular weight is 371 g/mol. The van der Waals surface area contributed by atoms with Crippen LogP contribution in [0.1, 0.15) is 10.4 Å². The van der Waals surface area contributed by atoms with Gasteiger partial charge in [-0.15, -0.1) is 0 Å². The Labute approximate surface area is 121 Å². The van der Waals surface area contributed by atoms with Gasteiger partial charge < -0.3 is 11.1 Å². The summed E-state index contributed by atoms with van der Waals surface area (Å²) in [5.41, 5.74) is 7.24. The number of nitrogens with two attached hydrogens (primary N) is 1. The standard InChI is InChI=1S/C12H9Br2N3O/c13-7-3-4-8(9(15)6-7)12(18)17-10-2-1-5-16-11(10)14/h1-6H,15H2,(H,17,18). The van der Waals surface area contributed by atoms with Crippen molar-refractivity contribution in [1.82, 2.24) is 4.98 Å². The minimum atomic E-state index is -0.270. The topological polar surface area (TPSA) is 68.0 Å². The smallest absolute Gasteiger partial charge is 0.257 e. The van der Waals surface area contributed by atoms with E-state index in [-0.39, 0.29) is 5.91 Å². The number of carbonyl (C=O) groups is 1. The molecule has 92 valence electrons. The van der Waals surface area contributed by atoms with Gasteiger partial charge in [-0.25, -0.2) is 4.98 Å². The van der Waals surface area contributed by atoms with Gasteiger partial charge in [-0.3, -0.25) is 4.79 Å². The van der Waals surface area contributed by atoms with Crippen molar-refractivity contribution in [2.75, 3.05) is 11.1 Å². The van der Waals surface area contributed by atoms with Crippen molar-refractivity contribution in [3.05, 3.63) is 51.2 Å². The molecule has 0 unspecified atom stereocenters. The van der Waals surface area contributed by atoms with Crippen LogP contribution in [0.5, 0.6) is 0 Å². The second-order valence-electron chi connectivity index (χ2n) is 3.53. The van der Waals surface area contributed by atoms with Gasteiger partial charge >= 0.3 is 0 Å². The molecule has 2 rings (SSSR count). The van der Waals surface area contributed by atoms with E-state index >= 15 is 0 Å². The Morgan fingerprint density at radius 2 is 2.06 bits per heavy atom. The number of hydrogen-bond donors (Lipinski definition) is 2. The van der Waals surface area contributed by atoms with Gasteiger partial charge in [0.25, 0.3) is 5.91 Å². The quantitative estimate of drug-likeness (QED) is 0.628. The van der Waals surface area contributed by atoms with E-state index in [0.717, 1.165) is 4.47 Å². The number of halogens is 2. The lowest BCUT2D eigenvalue weighted by Gasteiger charge is -2.08. The molecule has 0 radical (unpaired) electrons. The number of nitrogens with one attached hydrogen (secondary N) is 1. The molecule has 0 atom stereocenters. The van der Waals surface area contributed by atoms with Crippen molar-refractivity contribution < 1.29 is 4.79 Å². The van der Waals surface area contributed by atoms with E-state index in [1.54, 1.807) is 36.5 Å². The van der Waals surface area contributed by atoms with Crippen LogP contribution in [0.3, 0.4) is 0 Å². The van der Waals surface area contributed by atoms with Gasteiger partial charge in [0.05, 0.1) is 11.3 Å². The summed E-state index contributed by atoms with van der Waals surface area (Å²) < 4.78 is 1.41. The van der Waals surface area contributed by atoms with Crippen LogP contribution < -0.4 is 11.1 Å². The van der Waals surface area contributed by atoms with Crippen LogP contribution in [0, 0.1) is 0 Å². The molecule has 0 fully saturated rings. The lowest BCUT2D eigenvalue weighted by atomic mass is 10.1. The summed E-state index contributed by atoms with van der Waals surface area (Å²) in [6.07, 6.45) is 1.63. The Morgan fingerprint density at radius 1 is 1.28 bits per heavy atom. The van der Waals surface area contributed by atoms with Gasteiger partial charge in [-0.2, -0.15) is 0 Å². The summed E-state index contributed by atoms with van der Waals surface area (Å²) in [7, 11) is 0. The summed E-state index contributed by atoms with van der Waals surface area (Å²) >= 11 is 6.56. The molecule has 1 heterocycles. The van der Waals surface area contributed by atoms with Crippen molar-refractivity contribution in [2.45, 2.75) is 0 Å². The molecule has 2 aromatic rings. The number of hydrogen-bond acceptors (Lipinski definition) is 3. The number of anilines is 2. The summed E-state index contributed by atoms with van der Waals surface area (Å²) in [4.78, 5) is 16.1. The summed E-state index contributed by atoms with van der Waals surface area (Å²) in [6.45, 7) is 0. The Kier molecular flexibility index (Phi) is 3.98. The summed E-state index contributed by atoms with van der Waals surface area (Å²) in [6, 6.07) is 8.62. The first-order valence-corrected chi connectivity index (χ1v) is 6.63. The molecule has 6 heteroatoms.